The van der Waals surface area contributed by atoms with Crippen molar-refractivity contribution in [2.24, 2.45) is 10.9 Å². The van der Waals surface area contributed by atoms with Crippen LogP contribution in [0.5, 0.6) is 0 Å². The molecule has 2 aliphatic rings. The summed E-state index contributed by atoms with van der Waals surface area (Å²) in [5.74, 6) is 0.659. The van der Waals surface area contributed by atoms with Gasteiger partial charge < -0.3 is 4.74 Å². The van der Waals surface area contributed by atoms with Crippen LogP contribution < -0.4 is 10.9 Å². The molecular weight excluding hydrogens is 238 g/mol. The molecule has 4 heteroatoms. The molecule has 2 rings (SSSR count). The molecular formula is C15H29N3O. The highest BCUT2D eigenvalue weighted by Crippen LogP contribution is 2.24. The number of hydrogen-bond acceptors (Lipinski definition) is 3. The Hall–Kier alpha value is -0.770. The number of nitrogens with one attached hydrogen (secondary N) is 2. The zero-order valence-electron chi connectivity index (χ0n) is 12.6. The Kier molecular flexibility index (Phi) is 5.49. The maximum Gasteiger partial charge on any atom is 0.300 e. The van der Waals surface area contributed by atoms with Crippen molar-refractivity contribution in [1.29, 1.82) is 0 Å². The van der Waals surface area contributed by atoms with Crippen LogP contribution in [0.1, 0.15) is 65.7 Å². The molecule has 4 nitrogen and oxygen atoms in total. The number of aliphatic imine (C=N–C) groups is 1. The summed E-state index contributed by atoms with van der Waals surface area (Å²) >= 11 is 0. The van der Waals surface area contributed by atoms with Gasteiger partial charge in [-0.15, -0.1) is 0 Å². The van der Waals surface area contributed by atoms with Crippen molar-refractivity contribution in [2.75, 3.05) is 0 Å². The van der Waals surface area contributed by atoms with Crippen LogP contribution in [0.2, 0.25) is 0 Å². The van der Waals surface area contributed by atoms with Gasteiger partial charge in [-0.25, -0.2) is 10.4 Å². The van der Waals surface area contributed by atoms with Crippen molar-refractivity contribution in [3.63, 3.8) is 0 Å². The number of nitrogens with zero attached hydrogens (tertiary/aromatic N) is 1. The highest BCUT2D eigenvalue weighted by Gasteiger charge is 2.31. The molecule has 4 atom stereocenters. The van der Waals surface area contributed by atoms with E-state index in [0.29, 0.717) is 30.1 Å². The highest BCUT2D eigenvalue weighted by atomic mass is 16.5. The highest BCUT2D eigenvalue weighted by molar-refractivity contribution is 5.74. The van der Waals surface area contributed by atoms with Crippen LogP contribution in [0.3, 0.4) is 0 Å². The topological polar surface area (TPSA) is 45.7 Å². The molecule has 2 fully saturated rings. The van der Waals surface area contributed by atoms with Crippen LogP contribution in [0.15, 0.2) is 4.99 Å². The minimum atomic E-state index is 0.312. The molecule has 110 valence electrons. The Labute approximate surface area is 117 Å². The molecule has 1 saturated carbocycles. The molecule has 1 saturated heterocycles. The quantitative estimate of drug-likeness (QED) is 0.805. The maximum absolute atomic E-state index is 6.01. The molecule has 0 bridgehead atoms. The normalized spacial score (nSPS) is 32.1. The number of ether oxygens (including phenoxy) is 1. The molecule has 1 aliphatic carbocycles. The predicted molar refractivity (Wildman–Crippen MR) is 79.0 cm³/mol. The number of fused-ring (bicyclic) bond motifs is 1. The lowest BCUT2D eigenvalue weighted by molar-refractivity contribution is 0.0616. The van der Waals surface area contributed by atoms with Gasteiger partial charge in [0.2, 0.25) is 0 Å². The van der Waals surface area contributed by atoms with Crippen LogP contribution in [0, 0.1) is 5.92 Å². The van der Waals surface area contributed by atoms with E-state index in [9.17, 15) is 0 Å². The average molecular weight is 267 g/mol. The lowest BCUT2D eigenvalue weighted by Gasteiger charge is -2.37. The first kappa shape index (κ1) is 14.6. The van der Waals surface area contributed by atoms with Gasteiger partial charge in [0.15, 0.2) is 0 Å². The summed E-state index contributed by atoms with van der Waals surface area (Å²) in [6, 6.07) is 1.49. The van der Waals surface area contributed by atoms with Gasteiger partial charge in [-0.05, 0) is 38.5 Å². The van der Waals surface area contributed by atoms with Crippen LogP contribution in [0.4, 0.5) is 0 Å². The van der Waals surface area contributed by atoms with E-state index in [1.807, 2.05) is 0 Å². The Morgan fingerprint density at radius 2 is 2.11 bits per heavy atom. The largest absolute Gasteiger partial charge is 0.459 e. The fourth-order valence-electron chi connectivity index (χ4n) is 3.24. The monoisotopic (exact) mass is 267 g/mol. The van der Waals surface area contributed by atoms with Gasteiger partial charge in [0.05, 0.1) is 12.1 Å². The van der Waals surface area contributed by atoms with Crippen LogP contribution in [-0.4, -0.2) is 24.2 Å². The summed E-state index contributed by atoms with van der Waals surface area (Å²) in [7, 11) is 0. The fourth-order valence-corrected chi connectivity index (χ4v) is 3.24. The van der Waals surface area contributed by atoms with Gasteiger partial charge in [0.1, 0.15) is 6.10 Å². The summed E-state index contributed by atoms with van der Waals surface area (Å²) in [6.45, 7) is 6.70. The second-order valence-corrected chi connectivity index (χ2v) is 5.95. The first-order chi connectivity index (χ1) is 9.24. The van der Waals surface area contributed by atoms with Crippen molar-refractivity contribution in [3.8, 4) is 0 Å². The van der Waals surface area contributed by atoms with Crippen molar-refractivity contribution in [2.45, 2.75) is 83.9 Å². The minimum Gasteiger partial charge on any atom is -0.459 e. The number of amidine groups is 1. The Morgan fingerprint density at radius 3 is 2.84 bits per heavy atom. The molecule has 2 N–H and O–H groups in total. The molecule has 1 aliphatic heterocycles. The van der Waals surface area contributed by atoms with E-state index in [1.165, 1.54) is 38.5 Å². The third-order valence-corrected chi connectivity index (χ3v) is 4.52. The van der Waals surface area contributed by atoms with E-state index in [4.69, 9.17) is 9.73 Å². The van der Waals surface area contributed by atoms with Crippen LogP contribution in [0.25, 0.3) is 0 Å². The van der Waals surface area contributed by atoms with Gasteiger partial charge in [-0.2, -0.15) is 0 Å². The van der Waals surface area contributed by atoms with Crippen molar-refractivity contribution >= 4 is 6.02 Å². The summed E-state index contributed by atoms with van der Waals surface area (Å²) in [5, 5.41) is 0. The zero-order chi connectivity index (χ0) is 13.7. The molecule has 0 aromatic rings. The van der Waals surface area contributed by atoms with E-state index in [2.05, 4.69) is 31.6 Å². The first-order valence-corrected chi connectivity index (χ1v) is 8.00. The summed E-state index contributed by atoms with van der Waals surface area (Å²) in [6.07, 6.45) is 8.90. The first-order valence-electron chi connectivity index (χ1n) is 8.00. The lowest BCUT2D eigenvalue weighted by atomic mass is 9.92. The third kappa shape index (κ3) is 3.85. The molecule has 0 aromatic carbocycles. The van der Waals surface area contributed by atoms with Gasteiger partial charge in [-0.3, -0.25) is 5.43 Å². The fraction of sp³-hybridized carbons (Fsp3) is 0.933. The molecule has 3 unspecified atom stereocenters. The van der Waals surface area contributed by atoms with E-state index in [1.54, 1.807) is 0 Å². The lowest BCUT2D eigenvalue weighted by Crippen LogP contribution is -2.59. The zero-order valence-corrected chi connectivity index (χ0v) is 12.6. The maximum atomic E-state index is 6.01. The summed E-state index contributed by atoms with van der Waals surface area (Å²) in [4.78, 5) is 4.74. The second kappa shape index (κ2) is 7.13. The second-order valence-electron chi connectivity index (χ2n) is 5.95. The van der Waals surface area contributed by atoms with E-state index in [-0.39, 0.29) is 0 Å². The molecule has 1 heterocycles. The molecule has 19 heavy (non-hydrogen) atoms. The molecule has 0 aromatic heterocycles. The Bertz CT molecular complexity index is 306. The summed E-state index contributed by atoms with van der Waals surface area (Å²) < 4.78 is 6.01. The number of hydrogen-bond donors (Lipinski definition) is 2. The summed E-state index contributed by atoms with van der Waals surface area (Å²) in [5.41, 5.74) is 6.51. The van der Waals surface area contributed by atoms with Gasteiger partial charge in [-0.1, -0.05) is 33.1 Å². The predicted octanol–water partition coefficient (Wildman–Crippen LogP) is 2.99. The van der Waals surface area contributed by atoms with E-state index in [0.717, 1.165) is 6.42 Å². The third-order valence-electron chi connectivity index (χ3n) is 4.52. The van der Waals surface area contributed by atoms with Crippen molar-refractivity contribution < 1.29 is 4.74 Å². The minimum absolute atomic E-state index is 0.312. The Balaban J connectivity index is 1.91. The Morgan fingerprint density at radius 1 is 1.32 bits per heavy atom. The molecule has 0 radical (unpaired) electrons. The van der Waals surface area contributed by atoms with Gasteiger partial charge in [0, 0.05) is 0 Å². The van der Waals surface area contributed by atoms with Crippen LogP contribution >= 0.6 is 0 Å². The molecule has 0 spiro atoms. The SMILES string of the molecule is CCCC(CC)[C@@H](C)N=C1NNC2CCCCC2O1. The van der Waals surface area contributed by atoms with Crippen molar-refractivity contribution in [1.82, 2.24) is 10.9 Å². The molecule has 0 amide bonds. The van der Waals surface area contributed by atoms with E-state index < -0.39 is 0 Å². The van der Waals surface area contributed by atoms with Crippen LogP contribution in [-0.2, 0) is 4.74 Å². The standard InChI is InChI=1S/C15H29N3O/c1-4-8-12(5-2)11(3)16-15-18-17-13-9-6-7-10-14(13)19-15/h11-14,17H,4-10H2,1-3H3,(H,16,18)/t11-,12?,13?,14?/m1/s1. The number of rotatable bonds is 5. The average Bonchev–Trinajstić information content (AvgIpc) is 2.44. The number of hydrazine groups is 1. The van der Waals surface area contributed by atoms with E-state index >= 15 is 0 Å². The van der Waals surface area contributed by atoms with Gasteiger partial charge in [0.25, 0.3) is 6.02 Å². The van der Waals surface area contributed by atoms with Crippen molar-refractivity contribution in [3.05, 3.63) is 0 Å². The smallest absolute Gasteiger partial charge is 0.300 e. The van der Waals surface area contributed by atoms with Gasteiger partial charge >= 0.3 is 0 Å².